The van der Waals surface area contributed by atoms with Crippen LogP contribution in [-0.2, 0) is 5.41 Å². The lowest BCUT2D eigenvalue weighted by molar-refractivity contribution is 0.0995. The van der Waals surface area contributed by atoms with Gasteiger partial charge in [0, 0.05) is 36.1 Å². The number of rotatable bonds is 7. The summed E-state index contributed by atoms with van der Waals surface area (Å²) in [5.74, 6) is 0.536. The molecular weight excluding hydrogens is 480 g/mol. The molecule has 0 saturated carbocycles. The largest absolute Gasteiger partial charge is 0.445 e. The number of nitrogens with one attached hydrogen (secondary N) is 2. The molecule has 0 aliphatic carbocycles. The van der Waals surface area contributed by atoms with E-state index < -0.39 is 5.91 Å². The van der Waals surface area contributed by atoms with Gasteiger partial charge in [0.15, 0.2) is 11.5 Å². The van der Waals surface area contributed by atoms with E-state index in [4.69, 9.17) is 10.2 Å². The Kier molecular flexibility index (Phi) is 6.95. The van der Waals surface area contributed by atoms with Crippen molar-refractivity contribution in [1.29, 1.82) is 0 Å². The van der Waals surface area contributed by atoms with Crippen LogP contribution < -0.4 is 21.3 Å². The van der Waals surface area contributed by atoms with E-state index in [1.165, 1.54) is 11.8 Å². The molecule has 1 atom stereocenters. The first-order chi connectivity index (χ1) is 18.3. The molecule has 1 fully saturated rings. The van der Waals surface area contributed by atoms with Gasteiger partial charge < -0.3 is 25.7 Å². The summed E-state index contributed by atoms with van der Waals surface area (Å²) >= 11 is 0. The molecule has 2 aromatic carbocycles. The van der Waals surface area contributed by atoms with Crippen LogP contribution in [0.1, 0.15) is 49.7 Å². The van der Waals surface area contributed by atoms with Crippen molar-refractivity contribution in [3.05, 3.63) is 72.2 Å². The number of oxazole rings is 1. The molecular formula is C28H32N8O2. The zero-order chi connectivity index (χ0) is 26.7. The van der Waals surface area contributed by atoms with Crippen LogP contribution >= 0.6 is 0 Å². The Balaban J connectivity index is 1.31. The topological polar surface area (TPSA) is 135 Å². The second-order valence-corrected chi connectivity index (χ2v) is 10.5. The lowest BCUT2D eigenvalue weighted by atomic mass is 9.87. The molecule has 38 heavy (non-hydrogen) atoms. The van der Waals surface area contributed by atoms with E-state index in [9.17, 15) is 4.79 Å². The van der Waals surface area contributed by atoms with E-state index in [2.05, 4.69) is 80.7 Å². The smallest absolute Gasteiger partial charge is 0.273 e. The maximum atomic E-state index is 12.0. The average molecular weight is 513 g/mol. The second-order valence-electron chi connectivity index (χ2n) is 10.5. The van der Waals surface area contributed by atoms with Crippen molar-refractivity contribution in [3.8, 4) is 11.5 Å². The predicted molar refractivity (Wildman–Crippen MR) is 148 cm³/mol. The van der Waals surface area contributed by atoms with Gasteiger partial charge in [-0.3, -0.25) is 4.79 Å². The molecule has 0 unspecified atom stereocenters. The number of hydrogen-bond acceptors (Lipinski definition) is 9. The zero-order valence-corrected chi connectivity index (χ0v) is 21.8. The molecule has 196 valence electrons. The lowest BCUT2D eigenvalue weighted by Crippen LogP contribution is -2.43. The minimum absolute atomic E-state index is 0.0175. The summed E-state index contributed by atoms with van der Waals surface area (Å²) in [6, 6.07) is 16.3. The molecule has 10 nitrogen and oxygen atoms in total. The second kappa shape index (κ2) is 10.5. The number of carbonyl (C=O) groups excluding carboxylic acids is 1. The van der Waals surface area contributed by atoms with Crippen LogP contribution in [0.2, 0.25) is 0 Å². The van der Waals surface area contributed by atoms with Crippen molar-refractivity contribution >= 4 is 29.0 Å². The molecule has 2 aromatic heterocycles. The van der Waals surface area contributed by atoms with Crippen LogP contribution in [0.5, 0.6) is 0 Å². The Morgan fingerprint density at radius 2 is 1.79 bits per heavy atom. The molecule has 1 aliphatic heterocycles. The minimum atomic E-state index is -0.702. The number of aromatic nitrogens is 4. The normalized spacial score (nSPS) is 15.8. The van der Waals surface area contributed by atoms with Crippen molar-refractivity contribution in [3.63, 3.8) is 0 Å². The molecule has 0 radical (unpaired) electrons. The number of amides is 1. The summed E-state index contributed by atoms with van der Waals surface area (Å²) in [5.41, 5.74) is 9.60. The summed E-state index contributed by atoms with van der Waals surface area (Å²) in [6.45, 7) is 8.14. The van der Waals surface area contributed by atoms with Gasteiger partial charge in [-0.25, -0.2) is 4.98 Å². The van der Waals surface area contributed by atoms with Gasteiger partial charge in [-0.2, -0.15) is 4.98 Å². The van der Waals surface area contributed by atoms with Crippen molar-refractivity contribution < 1.29 is 9.21 Å². The Hall–Kier alpha value is -4.47. The van der Waals surface area contributed by atoms with Crippen molar-refractivity contribution in [2.24, 2.45) is 5.73 Å². The summed E-state index contributed by atoms with van der Waals surface area (Å²) in [6.07, 6.45) is 5.13. The SMILES string of the molecule is CC(C)(C)c1ccc(N[C@@H]2CCCN(c3nnc(C(N)=O)c(Nc4ccc(-c5ncco5)cc4)n3)C2)cc1. The first-order valence-electron chi connectivity index (χ1n) is 12.7. The Morgan fingerprint density at radius 3 is 2.45 bits per heavy atom. The van der Waals surface area contributed by atoms with E-state index in [0.29, 0.717) is 24.1 Å². The number of nitrogens with zero attached hydrogens (tertiary/aromatic N) is 5. The van der Waals surface area contributed by atoms with Gasteiger partial charge in [0.1, 0.15) is 6.26 Å². The fraction of sp³-hybridized carbons (Fsp3) is 0.321. The van der Waals surface area contributed by atoms with Crippen molar-refractivity contribution in [1.82, 2.24) is 20.2 Å². The van der Waals surface area contributed by atoms with Crippen molar-refractivity contribution in [2.75, 3.05) is 28.6 Å². The molecule has 1 saturated heterocycles. The third kappa shape index (κ3) is 5.74. The van der Waals surface area contributed by atoms with Gasteiger partial charge in [-0.1, -0.05) is 32.9 Å². The Morgan fingerprint density at radius 1 is 1.05 bits per heavy atom. The number of hydrogen-bond donors (Lipinski definition) is 3. The standard InChI is InChI=1S/C28H32N8O2/c1-28(2,3)19-8-12-20(13-9-19)31-22-5-4-15-36(17-22)27-33-25(23(24(29)37)34-35-27)32-21-10-6-18(7-11-21)26-30-14-16-38-26/h6-14,16,22,31H,4-5,15,17H2,1-3H3,(H2,29,37)(H,32,33,35)/t22-/m1/s1. The highest BCUT2D eigenvalue weighted by molar-refractivity contribution is 5.96. The Bertz CT molecular complexity index is 1380. The van der Waals surface area contributed by atoms with Gasteiger partial charge in [-0.15, -0.1) is 10.2 Å². The minimum Gasteiger partial charge on any atom is -0.445 e. The van der Waals surface area contributed by atoms with Crippen molar-refractivity contribution in [2.45, 2.75) is 45.1 Å². The van der Waals surface area contributed by atoms with Crippen LogP contribution in [0.4, 0.5) is 23.1 Å². The molecule has 0 spiro atoms. The highest BCUT2D eigenvalue weighted by Crippen LogP contribution is 2.27. The lowest BCUT2D eigenvalue weighted by Gasteiger charge is -2.33. The van der Waals surface area contributed by atoms with E-state index in [-0.39, 0.29) is 23.0 Å². The number of carbonyl (C=O) groups is 1. The quantitative estimate of drug-likeness (QED) is 0.321. The third-order valence-corrected chi connectivity index (χ3v) is 6.56. The highest BCUT2D eigenvalue weighted by Gasteiger charge is 2.24. The number of benzene rings is 2. The van der Waals surface area contributed by atoms with Gasteiger partial charge in [-0.05, 0) is 60.2 Å². The van der Waals surface area contributed by atoms with E-state index in [1.54, 1.807) is 6.20 Å². The number of nitrogens with two attached hydrogens (primary N) is 1. The number of anilines is 4. The Labute approximate surface area is 221 Å². The van der Waals surface area contributed by atoms with E-state index >= 15 is 0 Å². The monoisotopic (exact) mass is 512 g/mol. The molecule has 5 rings (SSSR count). The van der Waals surface area contributed by atoms with Crippen LogP contribution in [0, 0.1) is 0 Å². The number of primary amides is 1. The molecule has 3 heterocycles. The maximum Gasteiger partial charge on any atom is 0.273 e. The van der Waals surface area contributed by atoms with Gasteiger partial charge >= 0.3 is 0 Å². The van der Waals surface area contributed by atoms with Crippen LogP contribution in [0.3, 0.4) is 0 Å². The van der Waals surface area contributed by atoms with Crippen LogP contribution in [0.25, 0.3) is 11.5 Å². The summed E-state index contributed by atoms with van der Waals surface area (Å²) in [7, 11) is 0. The molecule has 1 amide bonds. The zero-order valence-electron chi connectivity index (χ0n) is 21.8. The van der Waals surface area contributed by atoms with Gasteiger partial charge in [0.25, 0.3) is 5.91 Å². The van der Waals surface area contributed by atoms with E-state index in [0.717, 1.165) is 30.6 Å². The summed E-state index contributed by atoms with van der Waals surface area (Å²) < 4.78 is 5.34. The molecule has 0 bridgehead atoms. The van der Waals surface area contributed by atoms with Crippen LogP contribution in [0.15, 0.2) is 65.4 Å². The summed E-state index contributed by atoms with van der Waals surface area (Å²) in [5, 5.41) is 15.1. The highest BCUT2D eigenvalue weighted by atomic mass is 16.3. The summed E-state index contributed by atoms with van der Waals surface area (Å²) in [4.78, 5) is 22.9. The average Bonchev–Trinajstić information content (AvgIpc) is 3.44. The van der Waals surface area contributed by atoms with E-state index in [1.807, 2.05) is 24.3 Å². The first-order valence-corrected chi connectivity index (χ1v) is 12.7. The van der Waals surface area contributed by atoms with Crippen LogP contribution in [-0.4, -0.2) is 45.2 Å². The molecule has 4 N–H and O–H groups in total. The maximum absolute atomic E-state index is 12.0. The molecule has 4 aromatic rings. The predicted octanol–water partition coefficient (Wildman–Crippen LogP) is 4.75. The van der Waals surface area contributed by atoms with Gasteiger partial charge in [0.2, 0.25) is 11.8 Å². The fourth-order valence-electron chi connectivity index (χ4n) is 4.48. The molecule has 10 heteroatoms. The van der Waals surface area contributed by atoms with Gasteiger partial charge in [0.05, 0.1) is 6.20 Å². The number of piperidine rings is 1. The fourth-order valence-corrected chi connectivity index (χ4v) is 4.48. The first kappa shape index (κ1) is 25.2. The third-order valence-electron chi connectivity index (χ3n) is 6.56. The molecule has 1 aliphatic rings.